The lowest BCUT2D eigenvalue weighted by Crippen LogP contribution is -2.59. The van der Waals surface area contributed by atoms with Crippen molar-refractivity contribution in [1.29, 1.82) is 0 Å². The molecular weight excluding hydrogens is 671 g/mol. The fourth-order valence-electron chi connectivity index (χ4n) is 7.84. The van der Waals surface area contributed by atoms with Crippen LogP contribution < -0.4 is 5.32 Å². The van der Waals surface area contributed by atoms with Gasteiger partial charge in [-0.2, -0.15) is 13.2 Å². The normalized spacial score (nSPS) is 19.8. The van der Waals surface area contributed by atoms with E-state index in [1.165, 1.54) is 4.90 Å². The summed E-state index contributed by atoms with van der Waals surface area (Å²) in [6, 6.07) is 17.3. The van der Waals surface area contributed by atoms with Gasteiger partial charge >= 0.3 is 12.1 Å². The number of carboxylic acid groups (broad SMARTS) is 1. The molecule has 3 aliphatic rings. The van der Waals surface area contributed by atoms with Gasteiger partial charge in [0.25, 0.3) is 6.43 Å². The number of morpholine rings is 1. The number of hydrogen-bond donors (Lipinski definition) is 2. The van der Waals surface area contributed by atoms with Gasteiger partial charge in [0.05, 0.1) is 25.5 Å². The van der Waals surface area contributed by atoms with Crippen molar-refractivity contribution in [2.45, 2.75) is 62.8 Å². The first-order chi connectivity index (χ1) is 24.4. The number of aliphatic carboxylic acids is 1. The van der Waals surface area contributed by atoms with E-state index in [4.69, 9.17) is 9.72 Å². The number of ether oxygens (including phenoxy) is 1. The number of likely N-dealkylation sites (tertiary alicyclic amines) is 1. The Labute approximate surface area is 291 Å². The van der Waals surface area contributed by atoms with Crippen LogP contribution in [-0.2, 0) is 27.3 Å². The minimum Gasteiger partial charge on any atom is -0.480 e. The number of fused-ring (bicyclic) bond motifs is 2. The molecule has 51 heavy (non-hydrogen) atoms. The van der Waals surface area contributed by atoms with Crippen LogP contribution in [0.2, 0.25) is 0 Å². The Morgan fingerprint density at radius 1 is 0.882 bits per heavy atom. The van der Waals surface area contributed by atoms with Gasteiger partial charge in [-0.3, -0.25) is 19.6 Å². The molecule has 1 spiro atoms. The molecule has 0 unspecified atom stereocenters. The lowest BCUT2D eigenvalue weighted by atomic mass is 9.76. The van der Waals surface area contributed by atoms with Crippen LogP contribution in [0.5, 0.6) is 0 Å². The van der Waals surface area contributed by atoms with E-state index in [1.807, 2.05) is 48.7 Å². The second-order valence-corrected chi connectivity index (χ2v) is 14.0. The standard InChI is InChI=1S/C38H39F5N4O4/c39-32(40)22-46-15-13-37(14-16-46,38(41,42)43)35(50)45-31(34(48)49)19-24-5-3-9-28-26(24)8-4-10-30(28)33-29-7-2-1-6-27(29)25(20-44-33)21-47-17-18-51-23-36(47)11-12-36/h1-10,20,31-32H,11-19,21-23H2,(H,45,50)(H,48,49)/t31-/m0/s1. The molecule has 3 fully saturated rings. The van der Waals surface area contributed by atoms with Crippen molar-refractivity contribution in [1.82, 2.24) is 20.1 Å². The van der Waals surface area contributed by atoms with Crippen molar-refractivity contribution in [3.63, 3.8) is 0 Å². The highest BCUT2D eigenvalue weighted by atomic mass is 19.4. The number of halogens is 5. The molecule has 4 aromatic rings. The fraction of sp³-hybridized carbons (Fsp3) is 0.447. The minimum absolute atomic E-state index is 0.110. The maximum absolute atomic E-state index is 14.4. The highest BCUT2D eigenvalue weighted by molar-refractivity contribution is 6.05. The molecular formula is C38H39F5N4O4. The van der Waals surface area contributed by atoms with Crippen LogP contribution in [0.1, 0.15) is 36.8 Å². The average molecular weight is 711 g/mol. The summed E-state index contributed by atoms with van der Waals surface area (Å²) in [5.41, 5.74) is 0.417. The van der Waals surface area contributed by atoms with E-state index < -0.39 is 55.3 Å². The van der Waals surface area contributed by atoms with E-state index in [9.17, 15) is 36.6 Å². The topological polar surface area (TPSA) is 95.0 Å². The molecule has 13 heteroatoms. The van der Waals surface area contributed by atoms with Gasteiger partial charge in [-0.25, -0.2) is 13.6 Å². The predicted molar refractivity (Wildman–Crippen MR) is 181 cm³/mol. The molecule has 1 saturated carbocycles. The zero-order valence-corrected chi connectivity index (χ0v) is 27.9. The van der Waals surface area contributed by atoms with Crippen LogP contribution in [0.4, 0.5) is 22.0 Å². The molecule has 2 aliphatic heterocycles. The van der Waals surface area contributed by atoms with Crippen molar-refractivity contribution in [3.8, 4) is 11.3 Å². The molecule has 3 aromatic carbocycles. The quantitative estimate of drug-likeness (QED) is 0.183. The van der Waals surface area contributed by atoms with Crippen LogP contribution in [0.3, 0.4) is 0 Å². The van der Waals surface area contributed by atoms with E-state index in [0.717, 1.165) is 65.5 Å². The third-order valence-corrected chi connectivity index (χ3v) is 11.0. The lowest BCUT2D eigenvalue weighted by molar-refractivity contribution is -0.233. The van der Waals surface area contributed by atoms with Gasteiger partial charge in [0.2, 0.25) is 5.91 Å². The molecule has 270 valence electrons. The fourth-order valence-corrected chi connectivity index (χ4v) is 7.84. The van der Waals surface area contributed by atoms with E-state index in [2.05, 4.69) is 16.3 Å². The van der Waals surface area contributed by atoms with Gasteiger partial charge < -0.3 is 15.2 Å². The van der Waals surface area contributed by atoms with Crippen LogP contribution in [0, 0.1) is 5.41 Å². The summed E-state index contributed by atoms with van der Waals surface area (Å²) in [7, 11) is 0. The summed E-state index contributed by atoms with van der Waals surface area (Å²) >= 11 is 0. The average Bonchev–Trinajstić information content (AvgIpc) is 3.88. The van der Waals surface area contributed by atoms with Crippen molar-refractivity contribution >= 4 is 33.4 Å². The third-order valence-electron chi connectivity index (χ3n) is 11.0. The molecule has 2 N–H and O–H groups in total. The summed E-state index contributed by atoms with van der Waals surface area (Å²) < 4.78 is 74.8. The first-order valence-corrected chi connectivity index (χ1v) is 17.2. The summed E-state index contributed by atoms with van der Waals surface area (Å²) in [5, 5.41) is 15.8. The Morgan fingerprint density at radius 3 is 2.24 bits per heavy atom. The number of hydrogen-bond acceptors (Lipinski definition) is 6. The minimum atomic E-state index is -5.00. The van der Waals surface area contributed by atoms with Gasteiger partial charge in [0.1, 0.15) is 11.5 Å². The number of pyridine rings is 1. The summed E-state index contributed by atoms with van der Waals surface area (Å²) in [4.78, 5) is 34.4. The van der Waals surface area contributed by atoms with Gasteiger partial charge in [0, 0.05) is 42.2 Å². The van der Waals surface area contributed by atoms with E-state index >= 15 is 0 Å². The highest BCUT2D eigenvalue weighted by Crippen LogP contribution is 2.47. The Bertz CT molecular complexity index is 1940. The second kappa shape index (κ2) is 13.7. The van der Waals surface area contributed by atoms with Crippen molar-refractivity contribution < 1.29 is 41.4 Å². The molecule has 0 radical (unpaired) electrons. The molecule has 1 aliphatic carbocycles. The van der Waals surface area contributed by atoms with Crippen molar-refractivity contribution in [2.24, 2.45) is 5.41 Å². The number of carboxylic acids is 1. The lowest BCUT2D eigenvalue weighted by Gasteiger charge is -2.41. The monoisotopic (exact) mass is 710 g/mol. The first kappa shape index (κ1) is 35.2. The smallest absolute Gasteiger partial charge is 0.403 e. The summed E-state index contributed by atoms with van der Waals surface area (Å²) in [5.74, 6) is -2.94. The van der Waals surface area contributed by atoms with E-state index in [0.29, 0.717) is 17.6 Å². The molecule has 7 rings (SSSR count). The summed E-state index contributed by atoms with van der Waals surface area (Å²) in [6.45, 7) is 1.63. The Kier molecular flexibility index (Phi) is 9.49. The number of alkyl halides is 5. The number of nitrogens with zero attached hydrogens (tertiary/aromatic N) is 3. The van der Waals surface area contributed by atoms with Crippen LogP contribution in [-0.4, -0.2) is 95.3 Å². The molecule has 8 nitrogen and oxygen atoms in total. The Morgan fingerprint density at radius 2 is 1.55 bits per heavy atom. The predicted octanol–water partition coefficient (Wildman–Crippen LogP) is 6.44. The van der Waals surface area contributed by atoms with Crippen molar-refractivity contribution in [3.05, 3.63) is 78.0 Å². The molecule has 1 amide bonds. The van der Waals surface area contributed by atoms with Crippen LogP contribution in [0.25, 0.3) is 32.8 Å². The zero-order valence-electron chi connectivity index (χ0n) is 27.9. The molecule has 3 heterocycles. The number of amides is 1. The zero-order chi connectivity index (χ0) is 36.0. The van der Waals surface area contributed by atoms with Gasteiger partial charge in [0.15, 0.2) is 0 Å². The number of carbonyl (C=O) groups excluding carboxylic acids is 1. The number of nitrogens with one attached hydrogen (secondary N) is 1. The van der Waals surface area contributed by atoms with Gasteiger partial charge in [-0.15, -0.1) is 0 Å². The first-order valence-electron chi connectivity index (χ1n) is 17.2. The third kappa shape index (κ3) is 6.78. The Balaban J connectivity index is 1.17. The molecule has 1 aromatic heterocycles. The van der Waals surface area contributed by atoms with Crippen molar-refractivity contribution in [2.75, 3.05) is 39.4 Å². The largest absolute Gasteiger partial charge is 0.480 e. The molecule has 1 atom stereocenters. The number of aromatic nitrogens is 1. The van der Waals surface area contributed by atoms with E-state index in [1.54, 1.807) is 12.1 Å². The van der Waals surface area contributed by atoms with E-state index in [-0.39, 0.29) is 25.0 Å². The second-order valence-electron chi connectivity index (χ2n) is 14.0. The summed E-state index contributed by atoms with van der Waals surface area (Å²) in [6.07, 6.45) is -5.34. The maximum atomic E-state index is 14.4. The van der Waals surface area contributed by atoms with Crippen LogP contribution >= 0.6 is 0 Å². The SMILES string of the molecule is O=C(O)[C@H](Cc1cccc2c(-c3ncc(CN4CCOCC45CC5)c4ccccc34)cccc12)NC(=O)C1(C(F)(F)F)CCN(CC(F)F)CC1. The van der Waals surface area contributed by atoms with Crippen LogP contribution in [0.15, 0.2) is 66.9 Å². The number of benzene rings is 3. The van der Waals surface area contributed by atoms with Gasteiger partial charge in [-0.1, -0.05) is 60.7 Å². The number of piperidine rings is 1. The Hall–Kier alpha value is -4.20. The number of carbonyl (C=O) groups is 2. The number of rotatable bonds is 10. The van der Waals surface area contributed by atoms with Gasteiger partial charge in [-0.05, 0) is 66.1 Å². The highest BCUT2D eigenvalue weighted by Gasteiger charge is 2.61. The molecule has 0 bridgehead atoms. The maximum Gasteiger partial charge on any atom is 0.403 e. The molecule has 2 saturated heterocycles.